The Balaban J connectivity index is 1.88. The summed E-state index contributed by atoms with van der Waals surface area (Å²) in [5, 5.41) is 14.1. The third kappa shape index (κ3) is 8.75. The number of thioether (sulfide) groups is 1. The van der Waals surface area contributed by atoms with Gasteiger partial charge in [-0.2, -0.15) is 17.0 Å². The van der Waals surface area contributed by atoms with E-state index in [1.54, 1.807) is 11.1 Å². The Kier molecular flexibility index (Phi) is 9.78. The molecule has 3 amide bonds. The number of nitrogens with one attached hydrogen (secondary N) is 2. The van der Waals surface area contributed by atoms with Crippen molar-refractivity contribution in [2.75, 3.05) is 25.4 Å². The number of nitrogens with zero attached hydrogens (tertiary/aromatic N) is 3. The minimum absolute atomic E-state index is 0.121. The van der Waals surface area contributed by atoms with Crippen LogP contribution in [0.25, 0.3) is 0 Å². The molecule has 174 valence electrons. The van der Waals surface area contributed by atoms with Crippen molar-refractivity contribution in [1.29, 1.82) is 5.26 Å². The van der Waals surface area contributed by atoms with Gasteiger partial charge in [0.2, 0.25) is 11.8 Å². The molecule has 1 fully saturated rings. The van der Waals surface area contributed by atoms with Crippen LogP contribution in [0.3, 0.4) is 0 Å². The van der Waals surface area contributed by atoms with Gasteiger partial charge in [-0.3, -0.25) is 14.6 Å². The van der Waals surface area contributed by atoms with E-state index in [-0.39, 0.29) is 30.4 Å². The van der Waals surface area contributed by atoms with Crippen LogP contribution in [-0.2, 0) is 20.1 Å². The molecular formula is C22H31N5O4S. The van der Waals surface area contributed by atoms with Crippen LogP contribution in [0.4, 0.5) is 4.79 Å². The Hall–Kier alpha value is -2.80. The summed E-state index contributed by atoms with van der Waals surface area (Å²) in [4.78, 5) is 43.3. The first-order chi connectivity index (χ1) is 15.2. The molecule has 1 aromatic heterocycles. The van der Waals surface area contributed by atoms with Crippen molar-refractivity contribution in [2.45, 2.75) is 51.0 Å². The van der Waals surface area contributed by atoms with E-state index in [0.29, 0.717) is 37.4 Å². The van der Waals surface area contributed by atoms with E-state index in [0.717, 1.165) is 5.69 Å². The van der Waals surface area contributed by atoms with Crippen LogP contribution < -0.4 is 10.6 Å². The van der Waals surface area contributed by atoms with Gasteiger partial charge in [0.05, 0.1) is 11.8 Å². The lowest BCUT2D eigenvalue weighted by Crippen LogP contribution is -2.51. The molecule has 0 bridgehead atoms. The second-order valence-corrected chi connectivity index (χ2v) is 9.55. The monoisotopic (exact) mass is 461 g/mol. The predicted molar refractivity (Wildman–Crippen MR) is 121 cm³/mol. The third-order valence-electron chi connectivity index (χ3n) is 4.75. The number of amides is 3. The molecule has 0 aliphatic carbocycles. The molecule has 2 N–H and O–H groups in total. The Morgan fingerprint density at radius 1 is 1.31 bits per heavy atom. The zero-order chi connectivity index (χ0) is 23.6. The number of pyridine rings is 1. The molecule has 10 heteroatoms. The number of hydrogen-bond acceptors (Lipinski definition) is 7. The Labute approximate surface area is 193 Å². The van der Waals surface area contributed by atoms with Gasteiger partial charge in [-0.05, 0) is 45.7 Å². The van der Waals surface area contributed by atoms with Crippen LogP contribution in [-0.4, -0.2) is 64.8 Å². The highest BCUT2D eigenvalue weighted by atomic mass is 32.2. The maximum Gasteiger partial charge on any atom is 0.410 e. The molecule has 32 heavy (non-hydrogen) atoms. The van der Waals surface area contributed by atoms with E-state index in [9.17, 15) is 14.4 Å². The van der Waals surface area contributed by atoms with Gasteiger partial charge in [0, 0.05) is 36.7 Å². The minimum Gasteiger partial charge on any atom is -0.444 e. The largest absolute Gasteiger partial charge is 0.444 e. The van der Waals surface area contributed by atoms with Crippen LogP contribution in [0.1, 0.15) is 39.3 Å². The lowest BCUT2D eigenvalue weighted by molar-refractivity contribution is -0.131. The molecule has 1 atom stereocenters. The first-order valence-electron chi connectivity index (χ1n) is 10.6. The number of ether oxygens (including phenoxy) is 1. The molecule has 0 unspecified atom stereocenters. The van der Waals surface area contributed by atoms with Gasteiger partial charge in [0.1, 0.15) is 18.2 Å². The molecule has 1 aliphatic rings. The van der Waals surface area contributed by atoms with Gasteiger partial charge in [-0.15, -0.1) is 0 Å². The molecular weight excluding hydrogens is 430 g/mol. The summed E-state index contributed by atoms with van der Waals surface area (Å²) in [5.74, 6) is 0.0633. The number of hydrogen-bond donors (Lipinski definition) is 2. The van der Waals surface area contributed by atoms with E-state index >= 15 is 0 Å². The van der Waals surface area contributed by atoms with E-state index < -0.39 is 11.6 Å². The first-order valence-corrected chi connectivity index (χ1v) is 11.8. The van der Waals surface area contributed by atoms with Crippen LogP contribution in [0, 0.1) is 17.2 Å². The number of likely N-dealkylation sites (tertiary alicyclic amines) is 1. The number of aromatic nitrogens is 1. The molecule has 0 radical (unpaired) electrons. The molecule has 0 saturated carbocycles. The van der Waals surface area contributed by atoms with Crippen molar-refractivity contribution in [3.8, 4) is 6.07 Å². The fourth-order valence-electron chi connectivity index (χ4n) is 3.14. The van der Waals surface area contributed by atoms with E-state index in [2.05, 4.69) is 15.6 Å². The fourth-order valence-corrected chi connectivity index (χ4v) is 4.11. The Bertz CT molecular complexity index is 814. The van der Waals surface area contributed by atoms with Crippen LogP contribution in [0.2, 0.25) is 0 Å². The quantitative estimate of drug-likeness (QED) is 0.568. The number of piperidine rings is 1. The molecule has 2 rings (SSSR count). The Morgan fingerprint density at radius 3 is 2.62 bits per heavy atom. The highest BCUT2D eigenvalue weighted by molar-refractivity contribution is 7.98. The lowest BCUT2D eigenvalue weighted by atomic mass is 9.96. The number of carbonyl (C=O) groups excluding carboxylic acids is 3. The van der Waals surface area contributed by atoms with Gasteiger partial charge in [0.15, 0.2) is 0 Å². The van der Waals surface area contributed by atoms with Crippen molar-refractivity contribution >= 4 is 29.7 Å². The van der Waals surface area contributed by atoms with E-state index in [1.807, 2.05) is 45.0 Å². The molecule has 1 aliphatic heterocycles. The summed E-state index contributed by atoms with van der Waals surface area (Å²) in [5.41, 5.74) is 0.317. The van der Waals surface area contributed by atoms with Crippen LogP contribution in [0.5, 0.6) is 0 Å². The average molecular weight is 462 g/mol. The number of nitriles is 1. The second kappa shape index (κ2) is 12.3. The highest BCUT2D eigenvalue weighted by Crippen LogP contribution is 2.20. The molecule has 1 aromatic rings. The van der Waals surface area contributed by atoms with Crippen molar-refractivity contribution in [2.24, 2.45) is 5.92 Å². The smallest absolute Gasteiger partial charge is 0.410 e. The van der Waals surface area contributed by atoms with Crippen molar-refractivity contribution < 1.29 is 19.1 Å². The van der Waals surface area contributed by atoms with Crippen molar-refractivity contribution in [1.82, 2.24) is 20.5 Å². The molecule has 2 heterocycles. The van der Waals surface area contributed by atoms with E-state index in [1.165, 1.54) is 11.8 Å². The molecule has 1 saturated heterocycles. The van der Waals surface area contributed by atoms with Gasteiger partial charge in [-0.25, -0.2) is 4.79 Å². The summed E-state index contributed by atoms with van der Waals surface area (Å²) in [6.45, 7) is 6.17. The first kappa shape index (κ1) is 25.5. The zero-order valence-corrected chi connectivity index (χ0v) is 19.6. The summed E-state index contributed by atoms with van der Waals surface area (Å²) < 4.78 is 5.39. The van der Waals surface area contributed by atoms with Gasteiger partial charge < -0.3 is 20.3 Å². The summed E-state index contributed by atoms with van der Waals surface area (Å²) in [6.07, 6.45) is 2.33. The molecule has 0 aromatic carbocycles. The molecule has 0 spiro atoms. The number of carbonyl (C=O) groups is 3. The standard InChI is InChI=1S/C22H31N5O4S/c1-22(2,3)31-21(30)27-12-7-16(8-13-27)19(28)26-18(20(29)25-11-9-23)15-32-14-17-6-4-5-10-24-17/h4-6,10,16,18H,7-8,11-15H2,1-3H3,(H,25,29)(H,26,28)/t18-/m0/s1. The lowest BCUT2D eigenvalue weighted by Gasteiger charge is -2.33. The summed E-state index contributed by atoms with van der Waals surface area (Å²) >= 11 is 1.48. The van der Waals surface area contributed by atoms with Crippen LogP contribution >= 0.6 is 11.8 Å². The van der Waals surface area contributed by atoms with Gasteiger partial charge in [-0.1, -0.05) is 6.07 Å². The zero-order valence-electron chi connectivity index (χ0n) is 18.8. The minimum atomic E-state index is -0.756. The SMILES string of the molecule is CC(C)(C)OC(=O)N1CCC(C(=O)N[C@@H](CSCc2ccccn2)C(=O)NCC#N)CC1. The highest BCUT2D eigenvalue weighted by Gasteiger charge is 2.31. The van der Waals surface area contributed by atoms with Gasteiger partial charge >= 0.3 is 6.09 Å². The Morgan fingerprint density at radius 2 is 2.03 bits per heavy atom. The molecule has 9 nitrogen and oxygen atoms in total. The second-order valence-electron chi connectivity index (χ2n) is 8.51. The fraction of sp³-hybridized carbons (Fsp3) is 0.591. The van der Waals surface area contributed by atoms with Gasteiger partial charge in [0.25, 0.3) is 0 Å². The maximum atomic E-state index is 12.8. The third-order valence-corrected chi connectivity index (χ3v) is 5.82. The predicted octanol–water partition coefficient (Wildman–Crippen LogP) is 2.09. The van der Waals surface area contributed by atoms with Crippen molar-refractivity contribution in [3.63, 3.8) is 0 Å². The summed E-state index contributed by atoms with van der Waals surface area (Å²) in [6, 6.07) is 6.74. The topological polar surface area (TPSA) is 124 Å². The van der Waals surface area contributed by atoms with Crippen LogP contribution in [0.15, 0.2) is 24.4 Å². The maximum absolute atomic E-state index is 12.8. The van der Waals surface area contributed by atoms with Crippen molar-refractivity contribution in [3.05, 3.63) is 30.1 Å². The average Bonchev–Trinajstić information content (AvgIpc) is 2.76. The summed E-state index contributed by atoms with van der Waals surface area (Å²) in [7, 11) is 0. The number of rotatable bonds is 8. The normalized spacial score (nSPS) is 15.4. The van der Waals surface area contributed by atoms with E-state index in [4.69, 9.17) is 10.00 Å².